The molecular formula is C44H71NO14. The van der Waals surface area contributed by atoms with Crippen LogP contribution in [0.4, 0.5) is 4.79 Å². The summed E-state index contributed by atoms with van der Waals surface area (Å²) >= 11 is 0. The molecule has 1 aliphatic carbocycles. The molecule has 0 N–H and O–H groups in total. The fraction of sp³-hybridized carbons (Fsp3) is 0.705. The van der Waals surface area contributed by atoms with Gasteiger partial charge in [0.05, 0.1) is 152 Å². The third-order valence-electron chi connectivity index (χ3n) is 8.95. The number of ether oxygens (including phenoxy) is 13. The van der Waals surface area contributed by atoms with Gasteiger partial charge in [0.1, 0.15) is 6.61 Å². The van der Waals surface area contributed by atoms with Crippen molar-refractivity contribution in [3.05, 3.63) is 59.7 Å². The molecule has 1 aliphatic rings. The molecule has 15 heteroatoms. The van der Waals surface area contributed by atoms with Crippen LogP contribution in [0.2, 0.25) is 0 Å². The number of benzene rings is 2. The standard InChI is InChI=1S/C44H71NO14/c1-3-4-14-47-16-18-49-20-22-51-24-26-53-28-30-55-32-34-57-36-37-58-35-33-56-31-29-54-27-25-52-23-21-50-19-17-48-15-13-45(2)44(46)59-38-43-41-11-7-5-9-39(41)40-10-6-8-12-42(40)43/h5-12,43H,3-4,13-38H2,1-2H3. The van der Waals surface area contributed by atoms with Gasteiger partial charge in [-0.1, -0.05) is 61.9 Å². The Morgan fingerprint density at radius 2 is 0.729 bits per heavy atom. The first-order valence-electron chi connectivity index (χ1n) is 21.2. The lowest BCUT2D eigenvalue weighted by atomic mass is 9.98. The fourth-order valence-electron chi connectivity index (χ4n) is 5.76. The van der Waals surface area contributed by atoms with Crippen molar-refractivity contribution in [1.82, 2.24) is 4.90 Å². The number of rotatable bonds is 41. The molecule has 1 amide bonds. The maximum absolute atomic E-state index is 12.6. The number of carbonyl (C=O) groups excluding carboxylic acids is 1. The molecule has 59 heavy (non-hydrogen) atoms. The van der Waals surface area contributed by atoms with E-state index in [0.29, 0.717) is 165 Å². The average molecular weight is 838 g/mol. The first-order chi connectivity index (χ1) is 29.2. The van der Waals surface area contributed by atoms with Gasteiger partial charge in [0.25, 0.3) is 0 Å². The van der Waals surface area contributed by atoms with E-state index in [2.05, 4.69) is 31.2 Å². The number of carbonyl (C=O) groups is 1. The summed E-state index contributed by atoms with van der Waals surface area (Å²) in [6.45, 7) is 15.2. The highest BCUT2D eigenvalue weighted by atomic mass is 16.6. The largest absolute Gasteiger partial charge is 0.448 e. The molecule has 0 spiro atoms. The molecular weight excluding hydrogens is 766 g/mol. The molecule has 0 radical (unpaired) electrons. The van der Waals surface area contributed by atoms with Crippen LogP contribution in [0.15, 0.2) is 48.5 Å². The summed E-state index contributed by atoms with van der Waals surface area (Å²) in [5.74, 6) is 0.0374. The van der Waals surface area contributed by atoms with E-state index in [4.69, 9.17) is 61.6 Å². The number of nitrogens with zero attached hydrogens (tertiary/aromatic N) is 1. The lowest BCUT2D eigenvalue weighted by Gasteiger charge is -2.19. The predicted molar refractivity (Wildman–Crippen MR) is 222 cm³/mol. The van der Waals surface area contributed by atoms with Crippen molar-refractivity contribution in [2.45, 2.75) is 25.7 Å². The van der Waals surface area contributed by atoms with Crippen LogP contribution in [-0.2, 0) is 61.6 Å². The second-order valence-electron chi connectivity index (χ2n) is 13.4. The summed E-state index contributed by atoms with van der Waals surface area (Å²) in [6, 6.07) is 16.6. The fourth-order valence-corrected chi connectivity index (χ4v) is 5.76. The van der Waals surface area contributed by atoms with Gasteiger partial charge >= 0.3 is 6.09 Å². The smallest absolute Gasteiger partial charge is 0.409 e. The van der Waals surface area contributed by atoms with Crippen molar-refractivity contribution >= 4 is 6.09 Å². The Bertz CT molecular complexity index is 1240. The molecule has 0 saturated carbocycles. The minimum Gasteiger partial charge on any atom is -0.448 e. The van der Waals surface area contributed by atoms with E-state index in [-0.39, 0.29) is 12.0 Å². The minimum atomic E-state index is -0.365. The van der Waals surface area contributed by atoms with Gasteiger partial charge in [-0.2, -0.15) is 0 Å². The van der Waals surface area contributed by atoms with E-state index in [1.54, 1.807) is 7.05 Å². The number of amides is 1. The van der Waals surface area contributed by atoms with Crippen LogP contribution in [-0.4, -0.2) is 190 Å². The van der Waals surface area contributed by atoms with Gasteiger partial charge in [0, 0.05) is 26.1 Å². The summed E-state index contributed by atoms with van der Waals surface area (Å²) in [5.41, 5.74) is 4.80. The van der Waals surface area contributed by atoms with E-state index in [1.807, 2.05) is 24.3 Å². The zero-order chi connectivity index (χ0) is 41.7. The Hall–Kier alpha value is -2.77. The zero-order valence-electron chi connectivity index (χ0n) is 35.7. The van der Waals surface area contributed by atoms with Crippen molar-refractivity contribution in [1.29, 1.82) is 0 Å². The lowest BCUT2D eigenvalue weighted by Crippen LogP contribution is -2.32. The molecule has 15 nitrogen and oxygen atoms in total. The monoisotopic (exact) mass is 837 g/mol. The minimum absolute atomic E-state index is 0.0374. The van der Waals surface area contributed by atoms with E-state index in [9.17, 15) is 4.79 Å². The predicted octanol–water partition coefficient (Wildman–Crippen LogP) is 4.87. The van der Waals surface area contributed by atoms with E-state index >= 15 is 0 Å². The third-order valence-corrected chi connectivity index (χ3v) is 8.95. The second kappa shape index (κ2) is 35.9. The molecule has 0 atom stereocenters. The highest BCUT2D eigenvalue weighted by molar-refractivity contribution is 5.79. The molecule has 0 heterocycles. The maximum Gasteiger partial charge on any atom is 0.409 e. The van der Waals surface area contributed by atoms with Crippen LogP contribution in [0.3, 0.4) is 0 Å². The first kappa shape index (κ1) is 50.6. The Morgan fingerprint density at radius 3 is 1.05 bits per heavy atom. The van der Waals surface area contributed by atoms with Gasteiger partial charge in [0.15, 0.2) is 0 Å². The topological polar surface area (TPSA) is 140 Å². The quantitative estimate of drug-likeness (QED) is 0.0842. The van der Waals surface area contributed by atoms with Gasteiger partial charge in [-0.25, -0.2) is 4.79 Å². The summed E-state index contributed by atoms with van der Waals surface area (Å²) in [4.78, 5) is 14.2. The maximum atomic E-state index is 12.6. The van der Waals surface area contributed by atoms with E-state index < -0.39 is 0 Å². The van der Waals surface area contributed by atoms with Gasteiger partial charge in [-0.05, 0) is 28.7 Å². The molecule has 0 aromatic heterocycles. The molecule has 0 bridgehead atoms. The Morgan fingerprint density at radius 1 is 0.441 bits per heavy atom. The highest BCUT2D eigenvalue weighted by Gasteiger charge is 2.29. The van der Waals surface area contributed by atoms with Crippen molar-refractivity contribution in [3.8, 4) is 11.1 Å². The summed E-state index contributed by atoms with van der Waals surface area (Å²) in [6.07, 6.45) is 1.87. The number of fused-ring (bicyclic) bond motifs is 3. The molecule has 2 aromatic rings. The van der Waals surface area contributed by atoms with Gasteiger partial charge < -0.3 is 66.5 Å². The van der Waals surface area contributed by atoms with Crippen LogP contribution in [0.1, 0.15) is 36.8 Å². The van der Waals surface area contributed by atoms with Gasteiger partial charge in [0.2, 0.25) is 0 Å². The number of unbranched alkanes of at least 4 members (excludes halogenated alkanes) is 1. The Balaban J connectivity index is 0.945. The molecule has 3 rings (SSSR count). The molecule has 336 valence electrons. The third kappa shape index (κ3) is 24.3. The second-order valence-corrected chi connectivity index (χ2v) is 13.4. The normalized spacial score (nSPS) is 12.2. The lowest BCUT2D eigenvalue weighted by molar-refractivity contribution is -0.0284. The van der Waals surface area contributed by atoms with Crippen LogP contribution >= 0.6 is 0 Å². The van der Waals surface area contributed by atoms with Crippen molar-refractivity contribution in [2.75, 3.05) is 179 Å². The highest BCUT2D eigenvalue weighted by Crippen LogP contribution is 2.44. The zero-order valence-corrected chi connectivity index (χ0v) is 35.7. The molecule has 2 aromatic carbocycles. The molecule has 0 saturated heterocycles. The van der Waals surface area contributed by atoms with Crippen LogP contribution in [0, 0.1) is 0 Å². The summed E-state index contributed by atoms with van der Waals surface area (Å²) < 4.78 is 71.8. The van der Waals surface area contributed by atoms with E-state index in [0.717, 1.165) is 19.4 Å². The van der Waals surface area contributed by atoms with Crippen LogP contribution in [0.5, 0.6) is 0 Å². The Kier molecular flexibility index (Phi) is 30.8. The number of likely N-dealkylation sites (N-methyl/N-ethyl adjacent to an activating group) is 1. The Labute approximate surface area is 352 Å². The summed E-state index contributed by atoms with van der Waals surface area (Å²) in [5, 5.41) is 0. The van der Waals surface area contributed by atoms with E-state index in [1.165, 1.54) is 27.2 Å². The molecule has 0 fully saturated rings. The van der Waals surface area contributed by atoms with Gasteiger partial charge in [-0.15, -0.1) is 0 Å². The number of hydrogen-bond acceptors (Lipinski definition) is 14. The molecule has 0 unspecified atom stereocenters. The number of hydrogen-bond donors (Lipinski definition) is 0. The first-order valence-corrected chi connectivity index (χ1v) is 21.2. The van der Waals surface area contributed by atoms with Crippen molar-refractivity contribution in [2.24, 2.45) is 0 Å². The van der Waals surface area contributed by atoms with Crippen LogP contribution < -0.4 is 0 Å². The van der Waals surface area contributed by atoms with Crippen LogP contribution in [0.25, 0.3) is 11.1 Å². The SMILES string of the molecule is CCCCOCCOCCOCCOCCOCCOCCOCCOCCOCCOCCOCCOCCN(C)C(=O)OCC1c2ccccc2-c2ccccc21. The average Bonchev–Trinajstić information content (AvgIpc) is 3.58. The van der Waals surface area contributed by atoms with Crippen molar-refractivity contribution in [3.63, 3.8) is 0 Å². The molecule has 0 aliphatic heterocycles. The van der Waals surface area contributed by atoms with Gasteiger partial charge in [-0.3, -0.25) is 0 Å². The summed E-state index contributed by atoms with van der Waals surface area (Å²) in [7, 11) is 1.71. The van der Waals surface area contributed by atoms with Crippen molar-refractivity contribution < 1.29 is 66.4 Å².